The summed E-state index contributed by atoms with van der Waals surface area (Å²) in [4.78, 5) is 11.7. The Morgan fingerprint density at radius 2 is 1.65 bits per heavy atom. The van der Waals surface area contributed by atoms with E-state index < -0.39 is 0 Å². The average Bonchev–Trinajstić information content (AvgIpc) is 2.40. The summed E-state index contributed by atoms with van der Waals surface area (Å²) < 4.78 is 5.19. The number of nitrogens with two attached hydrogens (primary N) is 1. The summed E-state index contributed by atoms with van der Waals surface area (Å²) in [5.74, 6) is 5.34. The van der Waals surface area contributed by atoms with Gasteiger partial charge in [-0.1, -0.05) is 18.2 Å². The lowest BCUT2D eigenvalue weighted by Gasteiger charge is -2.05. The maximum atomic E-state index is 11.7. The van der Waals surface area contributed by atoms with Crippen LogP contribution in [-0.2, 0) is 0 Å². The van der Waals surface area contributed by atoms with Crippen molar-refractivity contribution < 1.29 is 9.53 Å². The summed E-state index contributed by atoms with van der Waals surface area (Å²) in [6.07, 6.45) is 0. The first kappa shape index (κ1) is 11.2. The minimum Gasteiger partial charge on any atom is -0.423 e. The first-order valence-corrected chi connectivity index (χ1v) is 5.13. The molecule has 86 valence electrons. The lowest BCUT2D eigenvalue weighted by atomic mass is 10.2. The van der Waals surface area contributed by atoms with E-state index in [1.54, 1.807) is 48.5 Å². The lowest BCUT2D eigenvalue weighted by molar-refractivity contribution is 0.0735. The number of carbonyl (C=O) groups excluding carboxylic acids is 1. The molecule has 3 N–H and O–H groups in total. The van der Waals surface area contributed by atoms with Gasteiger partial charge in [0.2, 0.25) is 0 Å². The first-order valence-electron chi connectivity index (χ1n) is 5.13. The smallest absolute Gasteiger partial charge is 0.343 e. The molecular weight excluding hydrogens is 216 g/mol. The van der Waals surface area contributed by atoms with E-state index in [1.165, 1.54) is 0 Å². The summed E-state index contributed by atoms with van der Waals surface area (Å²) >= 11 is 0. The fraction of sp³-hybridized carbons (Fsp3) is 0. The highest BCUT2D eigenvalue weighted by molar-refractivity contribution is 5.90. The van der Waals surface area contributed by atoms with Gasteiger partial charge in [0.15, 0.2) is 0 Å². The number of anilines is 1. The van der Waals surface area contributed by atoms with Gasteiger partial charge in [-0.15, -0.1) is 0 Å². The third-order valence-corrected chi connectivity index (χ3v) is 2.24. The van der Waals surface area contributed by atoms with Gasteiger partial charge in [-0.25, -0.2) is 4.79 Å². The van der Waals surface area contributed by atoms with Crippen molar-refractivity contribution in [2.24, 2.45) is 5.84 Å². The number of hydrogen-bond donors (Lipinski definition) is 2. The Labute approximate surface area is 99.0 Å². The lowest BCUT2D eigenvalue weighted by Crippen LogP contribution is -2.09. The summed E-state index contributed by atoms with van der Waals surface area (Å²) in [6.45, 7) is 0. The van der Waals surface area contributed by atoms with Crippen LogP contribution in [0.25, 0.3) is 0 Å². The Kier molecular flexibility index (Phi) is 3.37. The van der Waals surface area contributed by atoms with Gasteiger partial charge in [0.05, 0.1) is 5.56 Å². The summed E-state index contributed by atoms with van der Waals surface area (Å²) in [6, 6.07) is 15.7. The Balaban J connectivity index is 2.08. The molecule has 4 nitrogen and oxygen atoms in total. The number of rotatable bonds is 3. The first-order chi connectivity index (χ1) is 8.29. The minimum atomic E-state index is -0.376. The van der Waals surface area contributed by atoms with E-state index in [0.717, 1.165) is 5.69 Å². The molecule has 0 saturated carbocycles. The van der Waals surface area contributed by atoms with Gasteiger partial charge >= 0.3 is 5.97 Å². The maximum absolute atomic E-state index is 11.7. The second kappa shape index (κ2) is 5.14. The number of nitrogens with one attached hydrogen (secondary N) is 1. The fourth-order valence-corrected chi connectivity index (χ4v) is 1.36. The molecule has 2 aromatic carbocycles. The van der Waals surface area contributed by atoms with Crippen molar-refractivity contribution in [3.05, 3.63) is 60.2 Å². The molecule has 0 bridgehead atoms. The predicted octanol–water partition coefficient (Wildman–Crippen LogP) is 2.19. The Bertz CT molecular complexity index is 495. The Morgan fingerprint density at radius 3 is 2.24 bits per heavy atom. The van der Waals surface area contributed by atoms with Gasteiger partial charge < -0.3 is 10.2 Å². The van der Waals surface area contributed by atoms with Crippen molar-refractivity contribution in [2.45, 2.75) is 0 Å². The van der Waals surface area contributed by atoms with Crippen LogP contribution in [0.3, 0.4) is 0 Å². The zero-order chi connectivity index (χ0) is 12.1. The van der Waals surface area contributed by atoms with E-state index in [2.05, 4.69) is 5.43 Å². The molecule has 0 aliphatic heterocycles. The Hall–Kier alpha value is -2.33. The van der Waals surface area contributed by atoms with Crippen LogP contribution < -0.4 is 16.0 Å². The minimum absolute atomic E-state index is 0.376. The van der Waals surface area contributed by atoms with E-state index in [0.29, 0.717) is 11.3 Å². The SMILES string of the molecule is NNc1ccc(OC(=O)c2ccccc2)cc1. The summed E-state index contributed by atoms with van der Waals surface area (Å²) in [5, 5.41) is 0. The molecule has 0 heterocycles. The van der Waals surface area contributed by atoms with Crippen LogP contribution in [0.1, 0.15) is 10.4 Å². The van der Waals surface area contributed by atoms with E-state index in [4.69, 9.17) is 10.6 Å². The van der Waals surface area contributed by atoms with E-state index in [-0.39, 0.29) is 5.97 Å². The molecule has 0 fully saturated rings. The third kappa shape index (κ3) is 2.83. The van der Waals surface area contributed by atoms with E-state index >= 15 is 0 Å². The molecule has 2 rings (SSSR count). The van der Waals surface area contributed by atoms with Crippen molar-refractivity contribution in [2.75, 3.05) is 5.43 Å². The number of hydrogen-bond acceptors (Lipinski definition) is 4. The number of nitrogen functional groups attached to an aromatic ring is 1. The maximum Gasteiger partial charge on any atom is 0.343 e. The van der Waals surface area contributed by atoms with Crippen LogP contribution in [0, 0.1) is 0 Å². The number of esters is 1. The Morgan fingerprint density at radius 1 is 1.00 bits per heavy atom. The van der Waals surface area contributed by atoms with Crippen molar-refractivity contribution in [1.82, 2.24) is 0 Å². The standard InChI is InChI=1S/C13H12N2O2/c14-15-11-6-8-12(9-7-11)17-13(16)10-4-2-1-3-5-10/h1-9,15H,14H2. The molecule has 0 aliphatic carbocycles. The molecule has 0 amide bonds. The highest BCUT2D eigenvalue weighted by Crippen LogP contribution is 2.16. The second-order valence-electron chi connectivity index (χ2n) is 3.42. The highest BCUT2D eigenvalue weighted by atomic mass is 16.5. The number of ether oxygens (including phenoxy) is 1. The summed E-state index contributed by atoms with van der Waals surface area (Å²) in [5.41, 5.74) is 3.77. The van der Waals surface area contributed by atoms with Crippen molar-refractivity contribution in [3.63, 3.8) is 0 Å². The van der Waals surface area contributed by atoms with Gasteiger partial charge in [0, 0.05) is 5.69 Å². The number of benzene rings is 2. The quantitative estimate of drug-likeness (QED) is 0.366. The van der Waals surface area contributed by atoms with Crippen LogP contribution in [0.2, 0.25) is 0 Å². The van der Waals surface area contributed by atoms with E-state index in [1.807, 2.05) is 6.07 Å². The number of hydrazine groups is 1. The molecule has 0 unspecified atom stereocenters. The molecule has 0 aromatic heterocycles. The second-order valence-corrected chi connectivity index (χ2v) is 3.42. The monoisotopic (exact) mass is 228 g/mol. The zero-order valence-electron chi connectivity index (χ0n) is 9.09. The van der Waals surface area contributed by atoms with Crippen molar-refractivity contribution in [3.8, 4) is 5.75 Å². The molecular formula is C13H12N2O2. The average molecular weight is 228 g/mol. The van der Waals surface area contributed by atoms with Gasteiger partial charge in [0.25, 0.3) is 0 Å². The third-order valence-electron chi connectivity index (χ3n) is 2.24. The molecule has 4 heteroatoms. The molecule has 0 radical (unpaired) electrons. The molecule has 17 heavy (non-hydrogen) atoms. The predicted molar refractivity (Wildman–Crippen MR) is 65.7 cm³/mol. The van der Waals surface area contributed by atoms with E-state index in [9.17, 15) is 4.79 Å². The largest absolute Gasteiger partial charge is 0.423 e. The van der Waals surface area contributed by atoms with Crippen LogP contribution >= 0.6 is 0 Å². The van der Waals surface area contributed by atoms with Crippen LogP contribution in [0.5, 0.6) is 5.75 Å². The number of carbonyl (C=O) groups is 1. The summed E-state index contributed by atoms with van der Waals surface area (Å²) in [7, 11) is 0. The van der Waals surface area contributed by atoms with Crippen LogP contribution in [0.4, 0.5) is 5.69 Å². The van der Waals surface area contributed by atoms with Gasteiger partial charge in [-0.2, -0.15) is 0 Å². The normalized spacial score (nSPS) is 9.71. The highest BCUT2D eigenvalue weighted by Gasteiger charge is 2.07. The molecule has 0 aliphatic rings. The van der Waals surface area contributed by atoms with Crippen LogP contribution in [-0.4, -0.2) is 5.97 Å². The molecule has 0 atom stereocenters. The zero-order valence-corrected chi connectivity index (χ0v) is 9.09. The van der Waals surface area contributed by atoms with Gasteiger partial charge in [-0.05, 0) is 36.4 Å². The topological polar surface area (TPSA) is 64.3 Å². The fourth-order valence-electron chi connectivity index (χ4n) is 1.36. The van der Waals surface area contributed by atoms with Gasteiger partial charge in [0.1, 0.15) is 5.75 Å². The van der Waals surface area contributed by atoms with Crippen LogP contribution in [0.15, 0.2) is 54.6 Å². The van der Waals surface area contributed by atoms with Gasteiger partial charge in [-0.3, -0.25) is 5.84 Å². The van der Waals surface area contributed by atoms with Crippen molar-refractivity contribution in [1.29, 1.82) is 0 Å². The molecule has 0 spiro atoms. The van der Waals surface area contributed by atoms with Crippen molar-refractivity contribution >= 4 is 11.7 Å². The molecule has 0 saturated heterocycles. The molecule has 2 aromatic rings.